The van der Waals surface area contributed by atoms with Gasteiger partial charge in [0.15, 0.2) is 4.96 Å². The number of carbonyl (C=O) groups is 1. The second-order valence-corrected chi connectivity index (χ2v) is 7.45. The quantitative estimate of drug-likeness (QED) is 0.830. The van der Waals surface area contributed by atoms with Gasteiger partial charge in [-0.3, -0.25) is 14.1 Å². The zero-order chi connectivity index (χ0) is 15.9. The number of imidazole rings is 1. The fourth-order valence-electron chi connectivity index (χ4n) is 3.69. The van der Waals surface area contributed by atoms with E-state index in [-0.39, 0.29) is 11.4 Å². The van der Waals surface area contributed by atoms with E-state index < -0.39 is 0 Å². The van der Waals surface area contributed by atoms with Crippen LogP contribution in [0.2, 0.25) is 0 Å². The van der Waals surface area contributed by atoms with E-state index in [0.717, 1.165) is 56.3 Å². The fraction of sp³-hybridized carbons (Fsp3) is 0.625. The number of piperazine rings is 1. The molecule has 0 unspecified atom stereocenters. The summed E-state index contributed by atoms with van der Waals surface area (Å²) in [5.74, 6) is 0.190. The van der Waals surface area contributed by atoms with Gasteiger partial charge in [-0.25, -0.2) is 4.98 Å². The molecule has 4 heterocycles. The summed E-state index contributed by atoms with van der Waals surface area (Å²) in [4.78, 5) is 22.7. The summed E-state index contributed by atoms with van der Waals surface area (Å²) in [6, 6.07) is 0. The van der Waals surface area contributed by atoms with Crippen LogP contribution in [-0.4, -0.2) is 70.5 Å². The maximum absolute atomic E-state index is 12.7. The van der Waals surface area contributed by atoms with Crippen LogP contribution in [0, 0.1) is 0 Å². The molecule has 0 atom stereocenters. The molecule has 0 aromatic carbocycles. The molecule has 1 amide bonds. The van der Waals surface area contributed by atoms with Gasteiger partial charge in [0.2, 0.25) is 5.91 Å². The first-order valence-electron chi connectivity index (χ1n) is 8.14. The number of thiazole rings is 1. The Labute approximate surface area is 139 Å². The van der Waals surface area contributed by atoms with Gasteiger partial charge >= 0.3 is 0 Å². The summed E-state index contributed by atoms with van der Waals surface area (Å²) in [5.41, 5.74) is 0.961. The van der Waals surface area contributed by atoms with Gasteiger partial charge in [0.05, 0.1) is 12.1 Å². The Morgan fingerprint density at radius 1 is 1.39 bits per heavy atom. The fourth-order valence-corrected chi connectivity index (χ4v) is 4.41. The summed E-state index contributed by atoms with van der Waals surface area (Å²) < 4.78 is 7.50. The van der Waals surface area contributed by atoms with Crippen molar-refractivity contribution in [2.75, 3.05) is 39.9 Å². The van der Waals surface area contributed by atoms with Gasteiger partial charge in [-0.2, -0.15) is 0 Å². The lowest BCUT2D eigenvalue weighted by Gasteiger charge is -2.51. The number of hydrogen-bond acceptors (Lipinski definition) is 5. The number of hydrogen-bond donors (Lipinski definition) is 0. The third-order valence-electron chi connectivity index (χ3n) is 5.25. The Bertz CT molecular complexity index is 675. The van der Waals surface area contributed by atoms with Crippen molar-refractivity contribution >= 4 is 22.2 Å². The molecule has 2 saturated heterocycles. The largest absolute Gasteiger partial charge is 0.381 e. The summed E-state index contributed by atoms with van der Waals surface area (Å²) >= 11 is 1.60. The van der Waals surface area contributed by atoms with Crippen LogP contribution in [0.15, 0.2) is 17.8 Å². The Hall–Kier alpha value is -1.44. The van der Waals surface area contributed by atoms with Crippen LogP contribution < -0.4 is 0 Å². The van der Waals surface area contributed by atoms with Crippen molar-refractivity contribution in [2.45, 2.75) is 24.8 Å². The van der Waals surface area contributed by atoms with E-state index >= 15 is 0 Å². The van der Waals surface area contributed by atoms with Crippen LogP contribution in [0.25, 0.3) is 4.96 Å². The first-order chi connectivity index (χ1) is 11.2. The van der Waals surface area contributed by atoms with E-state index in [1.807, 2.05) is 27.1 Å². The van der Waals surface area contributed by atoms with Crippen molar-refractivity contribution in [2.24, 2.45) is 0 Å². The van der Waals surface area contributed by atoms with E-state index in [1.54, 1.807) is 11.3 Å². The summed E-state index contributed by atoms with van der Waals surface area (Å²) in [5, 5.41) is 2.00. The molecular weight excluding hydrogens is 312 g/mol. The summed E-state index contributed by atoms with van der Waals surface area (Å²) in [7, 11) is 2.18. The molecule has 2 fully saturated rings. The number of amides is 1. The zero-order valence-electron chi connectivity index (χ0n) is 13.4. The van der Waals surface area contributed by atoms with E-state index in [9.17, 15) is 4.79 Å². The smallest absolute Gasteiger partial charge is 0.228 e. The normalized spacial score (nSPS) is 22.0. The second-order valence-electron chi connectivity index (χ2n) is 6.58. The maximum atomic E-state index is 12.7. The average Bonchev–Trinajstić information content (AvgIpc) is 3.12. The molecule has 4 rings (SSSR count). The molecule has 7 heteroatoms. The molecule has 2 aliphatic heterocycles. The highest BCUT2D eigenvalue weighted by atomic mass is 32.1. The minimum Gasteiger partial charge on any atom is -0.381 e. The molecule has 23 heavy (non-hydrogen) atoms. The maximum Gasteiger partial charge on any atom is 0.228 e. The number of likely N-dealkylation sites (N-methyl/N-ethyl adjacent to an activating group) is 1. The molecule has 2 aromatic rings. The molecular formula is C16H22N4O2S. The molecule has 124 valence electrons. The van der Waals surface area contributed by atoms with Crippen molar-refractivity contribution in [3.8, 4) is 0 Å². The zero-order valence-corrected chi connectivity index (χ0v) is 14.2. The van der Waals surface area contributed by atoms with Crippen molar-refractivity contribution in [3.05, 3.63) is 23.5 Å². The molecule has 0 N–H and O–H groups in total. The lowest BCUT2D eigenvalue weighted by atomic mass is 9.86. The van der Waals surface area contributed by atoms with Crippen molar-refractivity contribution in [1.29, 1.82) is 0 Å². The van der Waals surface area contributed by atoms with Crippen LogP contribution in [0.1, 0.15) is 18.5 Å². The highest BCUT2D eigenvalue weighted by Gasteiger charge is 2.42. The molecule has 0 radical (unpaired) electrons. The predicted octanol–water partition coefficient (Wildman–Crippen LogP) is 1.26. The van der Waals surface area contributed by atoms with Crippen molar-refractivity contribution in [1.82, 2.24) is 19.2 Å². The predicted molar refractivity (Wildman–Crippen MR) is 88.8 cm³/mol. The Morgan fingerprint density at radius 3 is 3.00 bits per heavy atom. The van der Waals surface area contributed by atoms with Crippen LogP contribution in [-0.2, 0) is 16.0 Å². The number of nitrogens with zero attached hydrogens (tertiary/aromatic N) is 4. The van der Waals surface area contributed by atoms with Crippen LogP contribution in [0.3, 0.4) is 0 Å². The Kier molecular flexibility index (Phi) is 3.87. The molecule has 0 bridgehead atoms. The third-order valence-corrected chi connectivity index (χ3v) is 6.02. The first-order valence-corrected chi connectivity index (χ1v) is 9.02. The number of fused-ring (bicyclic) bond motifs is 1. The Balaban J connectivity index is 1.46. The van der Waals surface area contributed by atoms with Gasteiger partial charge in [0.25, 0.3) is 0 Å². The van der Waals surface area contributed by atoms with Gasteiger partial charge in [-0.15, -0.1) is 11.3 Å². The number of rotatable bonds is 2. The van der Waals surface area contributed by atoms with Crippen LogP contribution in [0.5, 0.6) is 0 Å². The average molecular weight is 334 g/mol. The molecule has 0 aliphatic carbocycles. The van der Waals surface area contributed by atoms with Gasteiger partial charge in [-0.1, -0.05) is 0 Å². The Morgan fingerprint density at radius 2 is 2.22 bits per heavy atom. The van der Waals surface area contributed by atoms with Gasteiger partial charge in [0, 0.05) is 56.2 Å². The summed E-state index contributed by atoms with van der Waals surface area (Å²) in [6.07, 6.45) is 6.35. The summed E-state index contributed by atoms with van der Waals surface area (Å²) in [6.45, 7) is 4.14. The highest BCUT2D eigenvalue weighted by Crippen LogP contribution is 2.30. The second kappa shape index (κ2) is 5.89. The monoisotopic (exact) mass is 334 g/mol. The van der Waals surface area contributed by atoms with Crippen molar-refractivity contribution < 1.29 is 9.53 Å². The number of carbonyl (C=O) groups excluding carboxylic acids is 1. The van der Waals surface area contributed by atoms with Gasteiger partial charge in [0.1, 0.15) is 0 Å². The van der Waals surface area contributed by atoms with Crippen molar-refractivity contribution in [3.63, 3.8) is 0 Å². The highest BCUT2D eigenvalue weighted by molar-refractivity contribution is 7.15. The first kappa shape index (κ1) is 15.1. The third kappa shape index (κ3) is 2.77. The minimum absolute atomic E-state index is 0.0979. The van der Waals surface area contributed by atoms with Crippen LogP contribution >= 0.6 is 11.3 Å². The SMILES string of the molecule is CN1CCN(C(=O)Cc2cn3ccsc3n2)CC12CCOCC2. The van der Waals surface area contributed by atoms with Gasteiger partial charge < -0.3 is 9.64 Å². The lowest BCUT2D eigenvalue weighted by molar-refractivity contribution is -0.139. The minimum atomic E-state index is 0.0979. The molecule has 1 spiro atoms. The molecule has 2 aromatic heterocycles. The van der Waals surface area contributed by atoms with E-state index in [0.29, 0.717) is 6.42 Å². The molecule has 6 nitrogen and oxygen atoms in total. The standard InChI is InChI=1S/C16H22N4O2S/c1-18-4-5-20(12-16(18)2-7-22-8-3-16)14(21)10-13-11-19-6-9-23-15(19)17-13/h6,9,11H,2-5,7-8,10,12H2,1H3. The van der Waals surface area contributed by atoms with E-state index in [2.05, 4.69) is 16.9 Å². The lowest BCUT2D eigenvalue weighted by Crippen LogP contribution is -2.63. The molecule has 0 saturated carbocycles. The number of aromatic nitrogens is 2. The number of ether oxygens (including phenoxy) is 1. The molecule has 2 aliphatic rings. The topological polar surface area (TPSA) is 50.1 Å². The van der Waals surface area contributed by atoms with E-state index in [4.69, 9.17) is 4.74 Å². The van der Waals surface area contributed by atoms with Crippen LogP contribution in [0.4, 0.5) is 0 Å². The van der Waals surface area contributed by atoms with E-state index in [1.165, 1.54) is 0 Å². The van der Waals surface area contributed by atoms with Gasteiger partial charge in [-0.05, 0) is 19.9 Å².